The van der Waals surface area contributed by atoms with Gasteiger partial charge in [-0.3, -0.25) is 4.79 Å². The highest BCUT2D eigenvalue weighted by Crippen LogP contribution is 2.35. The molecule has 0 N–H and O–H groups in total. The molecule has 3 heteroatoms. The first-order valence-electron chi connectivity index (χ1n) is 7.24. The van der Waals surface area contributed by atoms with E-state index in [1.54, 1.807) is 6.07 Å². The molecule has 1 saturated carbocycles. The van der Waals surface area contributed by atoms with E-state index >= 15 is 0 Å². The Morgan fingerprint density at radius 2 is 1.81 bits per heavy atom. The van der Waals surface area contributed by atoms with E-state index in [-0.39, 0.29) is 0 Å². The number of carbonyl (C=O) groups excluding carboxylic acids is 1. The number of benzene rings is 2. The molecule has 108 valence electrons. The van der Waals surface area contributed by atoms with Crippen molar-refractivity contribution in [2.24, 2.45) is 5.92 Å². The van der Waals surface area contributed by atoms with Crippen LogP contribution in [0.5, 0.6) is 11.5 Å². The molecular weight excluding hydrogens is 264 g/mol. The van der Waals surface area contributed by atoms with Gasteiger partial charge in [0.05, 0.1) is 12.2 Å². The Hall–Kier alpha value is -2.29. The summed E-state index contributed by atoms with van der Waals surface area (Å²) in [5, 5.41) is 0. The van der Waals surface area contributed by atoms with Crippen molar-refractivity contribution in [1.29, 1.82) is 0 Å². The predicted octanol–water partition coefficient (Wildman–Crippen LogP) is 3.87. The van der Waals surface area contributed by atoms with Gasteiger partial charge in [-0.1, -0.05) is 36.4 Å². The van der Waals surface area contributed by atoms with Crippen LogP contribution in [0.2, 0.25) is 0 Å². The van der Waals surface area contributed by atoms with Crippen molar-refractivity contribution in [3.05, 3.63) is 59.7 Å². The Morgan fingerprint density at radius 1 is 1.00 bits per heavy atom. The summed E-state index contributed by atoms with van der Waals surface area (Å²) in [6.45, 7) is 1.12. The minimum absolute atomic E-state index is 0.461. The average Bonchev–Trinajstić information content (AvgIpc) is 3.36. The van der Waals surface area contributed by atoms with E-state index in [2.05, 4.69) is 0 Å². The van der Waals surface area contributed by atoms with Crippen molar-refractivity contribution in [2.45, 2.75) is 19.4 Å². The Balaban J connectivity index is 1.74. The largest absolute Gasteiger partial charge is 0.489 e. The van der Waals surface area contributed by atoms with Crippen molar-refractivity contribution < 1.29 is 14.3 Å². The van der Waals surface area contributed by atoms with Gasteiger partial charge in [-0.15, -0.1) is 0 Å². The summed E-state index contributed by atoms with van der Waals surface area (Å²) in [6.07, 6.45) is 3.24. The van der Waals surface area contributed by atoms with Crippen LogP contribution in [0.25, 0.3) is 0 Å². The minimum atomic E-state index is 0.461. The maximum atomic E-state index is 11.2. The molecule has 0 heterocycles. The van der Waals surface area contributed by atoms with Gasteiger partial charge in [0.2, 0.25) is 0 Å². The SMILES string of the molecule is O=Cc1cccc(OCc2ccccc2)c1OCC1CC1. The zero-order chi connectivity index (χ0) is 14.5. The fourth-order valence-corrected chi connectivity index (χ4v) is 2.11. The Bertz CT molecular complexity index is 603. The fourth-order valence-electron chi connectivity index (χ4n) is 2.11. The van der Waals surface area contributed by atoms with E-state index in [1.807, 2.05) is 42.5 Å². The average molecular weight is 282 g/mol. The number of carbonyl (C=O) groups is 1. The maximum absolute atomic E-state index is 11.2. The standard InChI is InChI=1S/C18H18O3/c19-11-16-7-4-8-17(18(16)21-13-15-9-10-15)20-12-14-5-2-1-3-6-14/h1-8,11,15H,9-10,12-13H2. The van der Waals surface area contributed by atoms with Gasteiger partial charge in [0.25, 0.3) is 0 Å². The van der Waals surface area contributed by atoms with Crippen molar-refractivity contribution >= 4 is 6.29 Å². The molecule has 0 saturated heterocycles. The van der Waals surface area contributed by atoms with Gasteiger partial charge in [0.1, 0.15) is 6.61 Å². The van der Waals surface area contributed by atoms with Gasteiger partial charge >= 0.3 is 0 Å². The van der Waals surface area contributed by atoms with Crippen LogP contribution >= 0.6 is 0 Å². The molecule has 0 aliphatic heterocycles. The number of hydrogen-bond acceptors (Lipinski definition) is 3. The second-order valence-electron chi connectivity index (χ2n) is 5.32. The first-order valence-corrected chi connectivity index (χ1v) is 7.24. The third-order valence-electron chi connectivity index (χ3n) is 3.53. The van der Waals surface area contributed by atoms with Crippen LogP contribution in [-0.2, 0) is 6.61 Å². The summed E-state index contributed by atoms with van der Waals surface area (Å²) in [5.41, 5.74) is 1.63. The molecule has 1 fully saturated rings. The van der Waals surface area contributed by atoms with E-state index in [4.69, 9.17) is 9.47 Å². The second-order valence-corrected chi connectivity index (χ2v) is 5.32. The van der Waals surface area contributed by atoms with E-state index in [9.17, 15) is 4.79 Å². The van der Waals surface area contributed by atoms with Crippen LogP contribution in [0.1, 0.15) is 28.8 Å². The highest BCUT2D eigenvalue weighted by atomic mass is 16.5. The van der Waals surface area contributed by atoms with Gasteiger partial charge in [0.15, 0.2) is 17.8 Å². The van der Waals surface area contributed by atoms with Crippen LogP contribution in [-0.4, -0.2) is 12.9 Å². The van der Waals surface area contributed by atoms with E-state index < -0.39 is 0 Å². The smallest absolute Gasteiger partial charge is 0.171 e. The number of para-hydroxylation sites is 1. The van der Waals surface area contributed by atoms with Crippen molar-refractivity contribution in [1.82, 2.24) is 0 Å². The molecule has 3 rings (SSSR count). The predicted molar refractivity (Wildman–Crippen MR) is 80.8 cm³/mol. The summed E-state index contributed by atoms with van der Waals surface area (Å²) >= 11 is 0. The molecule has 1 aliphatic rings. The first kappa shape index (κ1) is 13.7. The molecule has 0 amide bonds. The van der Waals surface area contributed by atoms with Gasteiger partial charge < -0.3 is 9.47 Å². The lowest BCUT2D eigenvalue weighted by molar-refractivity contribution is 0.111. The molecular formula is C18H18O3. The number of rotatable bonds is 7. The van der Waals surface area contributed by atoms with Crippen molar-refractivity contribution in [2.75, 3.05) is 6.61 Å². The molecule has 0 atom stereocenters. The number of ether oxygens (including phenoxy) is 2. The molecule has 2 aromatic carbocycles. The quantitative estimate of drug-likeness (QED) is 0.723. The molecule has 0 bridgehead atoms. The van der Waals surface area contributed by atoms with Gasteiger partial charge in [-0.05, 0) is 36.5 Å². The zero-order valence-corrected chi connectivity index (χ0v) is 11.8. The fraction of sp³-hybridized carbons (Fsp3) is 0.278. The van der Waals surface area contributed by atoms with Crippen LogP contribution in [0.4, 0.5) is 0 Å². The topological polar surface area (TPSA) is 35.5 Å². The summed E-state index contributed by atoms with van der Waals surface area (Å²) in [5.74, 6) is 1.83. The molecule has 0 spiro atoms. The summed E-state index contributed by atoms with van der Waals surface area (Å²) < 4.78 is 11.6. The molecule has 21 heavy (non-hydrogen) atoms. The van der Waals surface area contributed by atoms with E-state index in [0.717, 1.165) is 11.8 Å². The van der Waals surface area contributed by atoms with Crippen LogP contribution < -0.4 is 9.47 Å². The van der Waals surface area contributed by atoms with Crippen LogP contribution in [0.3, 0.4) is 0 Å². The molecule has 3 nitrogen and oxygen atoms in total. The third-order valence-corrected chi connectivity index (χ3v) is 3.53. The Kier molecular flexibility index (Phi) is 4.20. The number of aldehydes is 1. The second kappa shape index (κ2) is 6.44. The lowest BCUT2D eigenvalue weighted by Gasteiger charge is -2.14. The monoisotopic (exact) mass is 282 g/mol. The number of hydrogen-bond donors (Lipinski definition) is 0. The van der Waals surface area contributed by atoms with Gasteiger partial charge in [-0.25, -0.2) is 0 Å². The lowest BCUT2D eigenvalue weighted by Crippen LogP contribution is -2.05. The van der Waals surface area contributed by atoms with E-state index in [1.165, 1.54) is 12.8 Å². The summed E-state index contributed by atoms with van der Waals surface area (Å²) in [7, 11) is 0. The lowest BCUT2D eigenvalue weighted by atomic mass is 10.2. The maximum Gasteiger partial charge on any atom is 0.171 e. The van der Waals surface area contributed by atoms with Crippen LogP contribution in [0, 0.1) is 5.92 Å². The summed E-state index contributed by atoms with van der Waals surface area (Å²) in [6, 6.07) is 15.4. The Labute approximate surface area is 124 Å². The Morgan fingerprint density at radius 3 is 2.52 bits per heavy atom. The molecule has 2 aromatic rings. The normalized spacial score (nSPS) is 13.7. The first-order chi connectivity index (χ1) is 10.4. The molecule has 0 aromatic heterocycles. The van der Waals surface area contributed by atoms with Gasteiger partial charge in [-0.2, -0.15) is 0 Å². The van der Waals surface area contributed by atoms with Crippen molar-refractivity contribution in [3.8, 4) is 11.5 Å². The molecule has 0 radical (unpaired) electrons. The van der Waals surface area contributed by atoms with Crippen LogP contribution in [0.15, 0.2) is 48.5 Å². The minimum Gasteiger partial charge on any atom is -0.489 e. The highest BCUT2D eigenvalue weighted by Gasteiger charge is 2.23. The van der Waals surface area contributed by atoms with Crippen molar-refractivity contribution in [3.63, 3.8) is 0 Å². The van der Waals surface area contributed by atoms with Gasteiger partial charge in [0, 0.05) is 0 Å². The molecule has 0 unspecified atom stereocenters. The third kappa shape index (κ3) is 3.63. The molecule has 1 aliphatic carbocycles. The highest BCUT2D eigenvalue weighted by molar-refractivity contribution is 5.81. The van der Waals surface area contributed by atoms with E-state index in [0.29, 0.717) is 36.2 Å². The summed E-state index contributed by atoms with van der Waals surface area (Å²) in [4.78, 5) is 11.2. The zero-order valence-electron chi connectivity index (χ0n) is 11.8.